The first kappa shape index (κ1) is 17.2. The Morgan fingerprint density at radius 3 is 2.88 bits per heavy atom. The van der Waals surface area contributed by atoms with E-state index in [1.165, 1.54) is 16.9 Å². The maximum Gasteiger partial charge on any atom is 0.273 e. The predicted molar refractivity (Wildman–Crippen MR) is 92.9 cm³/mol. The Morgan fingerprint density at radius 2 is 2.16 bits per heavy atom. The van der Waals surface area contributed by atoms with Crippen LogP contribution in [0.1, 0.15) is 46.5 Å². The van der Waals surface area contributed by atoms with Crippen molar-refractivity contribution in [3.05, 3.63) is 63.6 Å². The van der Waals surface area contributed by atoms with Gasteiger partial charge in [-0.15, -0.1) is 16.4 Å². The van der Waals surface area contributed by atoms with Gasteiger partial charge in [-0.3, -0.25) is 4.79 Å². The van der Waals surface area contributed by atoms with Gasteiger partial charge in [0.2, 0.25) is 0 Å². The van der Waals surface area contributed by atoms with Gasteiger partial charge in [-0.1, -0.05) is 37.3 Å². The van der Waals surface area contributed by atoms with Crippen LogP contribution in [0.4, 0.5) is 4.39 Å². The number of halogens is 1. The lowest BCUT2D eigenvalue weighted by Gasteiger charge is -2.02. The number of nitrogens with zero attached hydrogens (tertiary/aromatic N) is 4. The number of rotatable bonds is 6. The van der Waals surface area contributed by atoms with Gasteiger partial charge >= 0.3 is 0 Å². The van der Waals surface area contributed by atoms with Crippen LogP contribution in [0.5, 0.6) is 0 Å². The van der Waals surface area contributed by atoms with E-state index in [4.69, 9.17) is 0 Å². The molecule has 25 heavy (non-hydrogen) atoms. The van der Waals surface area contributed by atoms with Crippen LogP contribution in [0, 0.1) is 5.82 Å². The normalized spacial score (nSPS) is 11.0. The van der Waals surface area contributed by atoms with Crippen LogP contribution in [0.3, 0.4) is 0 Å². The average Bonchev–Trinajstić information content (AvgIpc) is 3.24. The van der Waals surface area contributed by atoms with Crippen LogP contribution in [0.2, 0.25) is 0 Å². The van der Waals surface area contributed by atoms with Crippen molar-refractivity contribution in [1.82, 2.24) is 25.3 Å². The highest BCUT2D eigenvalue weighted by Crippen LogP contribution is 2.19. The molecule has 3 aromatic rings. The van der Waals surface area contributed by atoms with E-state index < -0.39 is 0 Å². The molecule has 2 aromatic heterocycles. The summed E-state index contributed by atoms with van der Waals surface area (Å²) >= 11 is 1.58. The molecule has 8 heteroatoms. The van der Waals surface area contributed by atoms with Gasteiger partial charge in [-0.2, -0.15) is 0 Å². The van der Waals surface area contributed by atoms with E-state index in [9.17, 15) is 9.18 Å². The van der Waals surface area contributed by atoms with E-state index >= 15 is 0 Å². The molecule has 1 amide bonds. The van der Waals surface area contributed by atoms with Crippen molar-refractivity contribution in [2.75, 3.05) is 0 Å². The Hall–Kier alpha value is -2.61. The third-order valence-corrected chi connectivity index (χ3v) is 4.75. The van der Waals surface area contributed by atoms with Crippen LogP contribution < -0.4 is 5.32 Å². The molecule has 0 bridgehead atoms. The Balaban J connectivity index is 1.59. The van der Waals surface area contributed by atoms with Crippen molar-refractivity contribution in [3.63, 3.8) is 0 Å². The summed E-state index contributed by atoms with van der Waals surface area (Å²) in [5.41, 5.74) is 1.50. The molecule has 0 radical (unpaired) electrons. The zero-order chi connectivity index (χ0) is 17.8. The first-order valence-corrected chi connectivity index (χ1v) is 8.77. The highest BCUT2D eigenvalue weighted by molar-refractivity contribution is 7.09. The summed E-state index contributed by atoms with van der Waals surface area (Å²) < 4.78 is 15.1. The molecule has 0 saturated heterocycles. The SMILES string of the molecule is CC(C)c1nc(CNC(=O)c2cn(Cc3ccccc3F)nn2)cs1. The van der Waals surface area contributed by atoms with Crippen LogP contribution in [-0.4, -0.2) is 25.9 Å². The summed E-state index contributed by atoms with van der Waals surface area (Å²) in [5.74, 6) is -0.278. The summed E-state index contributed by atoms with van der Waals surface area (Å²) in [6.07, 6.45) is 1.50. The van der Waals surface area contributed by atoms with Gasteiger partial charge in [0.25, 0.3) is 5.91 Å². The second-order valence-electron chi connectivity index (χ2n) is 5.91. The van der Waals surface area contributed by atoms with Gasteiger partial charge < -0.3 is 5.32 Å². The van der Waals surface area contributed by atoms with Crippen LogP contribution in [-0.2, 0) is 13.1 Å². The lowest BCUT2D eigenvalue weighted by Crippen LogP contribution is -2.23. The van der Waals surface area contributed by atoms with E-state index in [1.54, 1.807) is 29.5 Å². The summed E-state index contributed by atoms with van der Waals surface area (Å²) in [7, 11) is 0. The van der Waals surface area contributed by atoms with Crippen LogP contribution >= 0.6 is 11.3 Å². The average molecular weight is 359 g/mol. The molecule has 0 aliphatic carbocycles. The van der Waals surface area contributed by atoms with Gasteiger partial charge in [0.05, 0.1) is 30.0 Å². The lowest BCUT2D eigenvalue weighted by atomic mass is 10.2. The third kappa shape index (κ3) is 4.27. The molecule has 0 unspecified atom stereocenters. The summed E-state index contributed by atoms with van der Waals surface area (Å²) in [5, 5.41) is 13.5. The fourth-order valence-corrected chi connectivity index (χ4v) is 3.05. The number of carbonyl (C=O) groups is 1. The van der Waals surface area contributed by atoms with Gasteiger partial charge in [0.1, 0.15) is 5.82 Å². The number of nitrogens with one attached hydrogen (secondary N) is 1. The quantitative estimate of drug-likeness (QED) is 0.734. The molecule has 0 atom stereocenters. The molecule has 1 N–H and O–H groups in total. The van der Waals surface area contributed by atoms with Crippen molar-refractivity contribution >= 4 is 17.2 Å². The molecule has 0 aliphatic heterocycles. The van der Waals surface area contributed by atoms with E-state index in [0.29, 0.717) is 18.0 Å². The first-order chi connectivity index (χ1) is 12.0. The molecule has 6 nitrogen and oxygen atoms in total. The topological polar surface area (TPSA) is 72.7 Å². The van der Waals surface area contributed by atoms with E-state index in [0.717, 1.165) is 10.7 Å². The molecule has 0 fully saturated rings. The number of carbonyl (C=O) groups excluding carboxylic acids is 1. The first-order valence-electron chi connectivity index (χ1n) is 7.89. The minimum atomic E-state index is -0.334. The van der Waals surface area contributed by atoms with E-state index in [2.05, 4.69) is 34.5 Å². The smallest absolute Gasteiger partial charge is 0.273 e. The Bertz CT molecular complexity index is 873. The predicted octanol–water partition coefficient (Wildman–Crippen LogP) is 2.98. The summed E-state index contributed by atoms with van der Waals surface area (Å²) in [6.45, 7) is 4.71. The largest absolute Gasteiger partial charge is 0.345 e. The molecule has 130 valence electrons. The number of thiazole rings is 1. The Labute approximate surface area is 148 Å². The van der Waals surface area contributed by atoms with Gasteiger partial charge in [0, 0.05) is 16.9 Å². The molecule has 2 heterocycles. The van der Waals surface area contributed by atoms with Crippen molar-refractivity contribution in [3.8, 4) is 0 Å². The van der Waals surface area contributed by atoms with Crippen LogP contribution in [0.15, 0.2) is 35.8 Å². The molecular weight excluding hydrogens is 341 g/mol. The number of amides is 1. The zero-order valence-electron chi connectivity index (χ0n) is 13.9. The molecule has 0 aliphatic rings. The fraction of sp³-hybridized carbons (Fsp3) is 0.294. The summed E-state index contributed by atoms with van der Waals surface area (Å²) in [6, 6.07) is 6.44. The maximum atomic E-state index is 13.7. The maximum absolute atomic E-state index is 13.7. The van der Waals surface area contributed by atoms with Gasteiger partial charge in [-0.05, 0) is 6.07 Å². The highest BCUT2D eigenvalue weighted by atomic mass is 32.1. The fourth-order valence-electron chi connectivity index (χ4n) is 2.21. The zero-order valence-corrected chi connectivity index (χ0v) is 14.8. The minimum Gasteiger partial charge on any atom is -0.345 e. The van der Waals surface area contributed by atoms with Crippen molar-refractivity contribution in [1.29, 1.82) is 0 Å². The molecule has 0 saturated carbocycles. The Kier molecular flexibility index (Phi) is 5.18. The van der Waals surface area contributed by atoms with Crippen molar-refractivity contribution < 1.29 is 9.18 Å². The number of hydrogen-bond donors (Lipinski definition) is 1. The number of benzene rings is 1. The van der Waals surface area contributed by atoms with Crippen molar-refractivity contribution in [2.45, 2.75) is 32.9 Å². The van der Waals surface area contributed by atoms with Gasteiger partial charge in [0.15, 0.2) is 5.69 Å². The minimum absolute atomic E-state index is 0.190. The number of aromatic nitrogens is 4. The number of hydrogen-bond acceptors (Lipinski definition) is 5. The van der Waals surface area contributed by atoms with Crippen molar-refractivity contribution in [2.24, 2.45) is 0 Å². The molecule has 3 rings (SSSR count). The van der Waals surface area contributed by atoms with Crippen LogP contribution in [0.25, 0.3) is 0 Å². The monoisotopic (exact) mass is 359 g/mol. The standard InChI is InChI=1S/C17H18FN5OS/c1-11(2)17-20-13(10-25-17)7-19-16(24)15-9-23(22-21-15)8-12-5-3-4-6-14(12)18/h3-6,9-11H,7-8H2,1-2H3,(H,19,24). The van der Waals surface area contributed by atoms with E-state index in [1.807, 2.05) is 5.38 Å². The lowest BCUT2D eigenvalue weighted by molar-refractivity contribution is 0.0945. The summed E-state index contributed by atoms with van der Waals surface area (Å²) in [4.78, 5) is 16.6. The second kappa shape index (κ2) is 7.52. The van der Waals surface area contributed by atoms with E-state index in [-0.39, 0.29) is 24.0 Å². The molecule has 1 aromatic carbocycles. The third-order valence-electron chi connectivity index (χ3n) is 3.55. The highest BCUT2D eigenvalue weighted by Gasteiger charge is 2.13. The molecule has 0 spiro atoms. The second-order valence-corrected chi connectivity index (χ2v) is 6.80. The Morgan fingerprint density at radius 1 is 1.36 bits per heavy atom. The molecular formula is C17H18FN5OS. The van der Waals surface area contributed by atoms with Gasteiger partial charge in [-0.25, -0.2) is 14.1 Å².